The number of aliphatic hydroxyl groups is 2. The van der Waals surface area contributed by atoms with E-state index in [1.54, 1.807) is 0 Å². The van der Waals surface area contributed by atoms with Crippen LogP contribution >= 0.6 is 0 Å². The molecule has 0 unspecified atom stereocenters. The molecule has 0 atom stereocenters. The van der Waals surface area contributed by atoms with Crippen molar-refractivity contribution < 1.29 is 10.2 Å². The van der Waals surface area contributed by atoms with Crippen molar-refractivity contribution in [2.45, 2.75) is 57.7 Å². The van der Waals surface area contributed by atoms with Crippen molar-refractivity contribution in [2.24, 2.45) is 5.73 Å². The summed E-state index contributed by atoms with van der Waals surface area (Å²) in [5, 5.41) is 25.0. The van der Waals surface area contributed by atoms with Crippen molar-refractivity contribution >= 4 is 0 Å². The highest BCUT2D eigenvalue weighted by atomic mass is 16.3. The molecule has 0 aromatic heterocycles. The van der Waals surface area contributed by atoms with E-state index in [-0.39, 0.29) is 29.8 Å². The Labute approximate surface area is 111 Å². The minimum absolute atomic E-state index is 0.0718. The van der Waals surface area contributed by atoms with Crippen LogP contribution in [-0.4, -0.2) is 53.1 Å². The molecule has 0 heterocycles. The lowest BCUT2D eigenvalue weighted by Crippen LogP contribution is -2.61. The van der Waals surface area contributed by atoms with Gasteiger partial charge in [0.25, 0.3) is 0 Å². The lowest BCUT2D eigenvalue weighted by molar-refractivity contribution is 0.161. The first-order valence-electron chi connectivity index (χ1n) is 6.60. The second-order valence-corrected chi connectivity index (χ2v) is 6.51. The van der Waals surface area contributed by atoms with Crippen LogP contribution in [0, 0.1) is 0 Å². The van der Waals surface area contributed by atoms with Gasteiger partial charge < -0.3 is 26.6 Å². The lowest BCUT2D eigenvalue weighted by Gasteiger charge is -2.36. The Morgan fingerprint density at radius 1 is 0.889 bits per heavy atom. The minimum Gasteiger partial charge on any atom is -0.394 e. The quantitative estimate of drug-likeness (QED) is 0.397. The summed E-state index contributed by atoms with van der Waals surface area (Å²) in [5.41, 5.74) is 5.29. The third kappa shape index (κ3) is 6.66. The molecule has 0 aliphatic heterocycles. The highest BCUT2D eigenvalue weighted by Gasteiger charge is 2.28. The average molecular weight is 261 g/mol. The van der Waals surface area contributed by atoms with Gasteiger partial charge in [0.2, 0.25) is 0 Å². The van der Waals surface area contributed by atoms with Gasteiger partial charge in [0.15, 0.2) is 0 Å². The van der Waals surface area contributed by atoms with E-state index in [0.717, 1.165) is 6.42 Å². The van der Waals surface area contributed by atoms with Crippen molar-refractivity contribution in [3.63, 3.8) is 0 Å². The molecule has 0 rings (SSSR count). The summed E-state index contributed by atoms with van der Waals surface area (Å²) >= 11 is 0. The molecular formula is C13H31N3O2. The van der Waals surface area contributed by atoms with E-state index in [9.17, 15) is 10.2 Å². The molecule has 110 valence electrons. The highest BCUT2D eigenvalue weighted by Crippen LogP contribution is 2.10. The SMILES string of the molecule is CCC(N)(CNC(C)(C)CO)CNC(C)(C)CO. The standard InChI is InChI=1S/C13H31N3O2/c1-6-13(14,7-15-11(2,3)9-17)8-16-12(4,5)10-18/h15-18H,6-10,14H2,1-5H3. The summed E-state index contributed by atoms with van der Waals surface area (Å²) in [6.07, 6.45) is 0.815. The maximum atomic E-state index is 9.21. The monoisotopic (exact) mass is 261 g/mol. The van der Waals surface area contributed by atoms with Crippen LogP contribution in [0.15, 0.2) is 0 Å². The topological polar surface area (TPSA) is 90.5 Å². The van der Waals surface area contributed by atoms with E-state index < -0.39 is 0 Å². The fourth-order valence-electron chi connectivity index (χ4n) is 1.25. The lowest BCUT2D eigenvalue weighted by atomic mass is 9.93. The van der Waals surface area contributed by atoms with E-state index >= 15 is 0 Å². The van der Waals surface area contributed by atoms with Gasteiger partial charge in [-0.15, -0.1) is 0 Å². The molecule has 0 fully saturated rings. The van der Waals surface area contributed by atoms with Crippen LogP contribution < -0.4 is 16.4 Å². The van der Waals surface area contributed by atoms with E-state index in [1.807, 2.05) is 34.6 Å². The first-order chi connectivity index (χ1) is 8.10. The van der Waals surface area contributed by atoms with E-state index in [2.05, 4.69) is 10.6 Å². The molecule has 5 heteroatoms. The summed E-state index contributed by atoms with van der Waals surface area (Å²) < 4.78 is 0. The van der Waals surface area contributed by atoms with Gasteiger partial charge >= 0.3 is 0 Å². The van der Waals surface area contributed by atoms with Gasteiger partial charge in [-0.2, -0.15) is 0 Å². The molecule has 18 heavy (non-hydrogen) atoms. The Balaban J connectivity index is 4.35. The summed E-state index contributed by atoms with van der Waals surface area (Å²) in [7, 11) is 0. The first-order valence-corrected chi connectivity index (χ1v) is 6.60. The average Bonchev–Trinajstić information content (AvgIpc) is 2.34. The molecule has 5 nitrogen and oxygen atoms in total. The van der Waals surface area contributed by atoms with Crippen LogP contribution in [0.3, 0.4) is 0 Å². The predicted octanol–water partition coefficient (Wildman–Crippen LogP) is -0.185. The van der Waals surface area contributed by atoms with Crippen molar-refractivity contribution in [1.82, 2.24) is 10.6 Å². The van der Waals surface area contributed by atoms with Gasteiger partial charge in [0, 0.05) is 29.7 Å². The molecule has 0 saturated heterocycles. The van der Waals surface area contributed by atoms with Gasteiger partial charge in [0.05, 0.1) is 13.2 Å². The van der Waals surface area contributed by atoms with Crippen molar-refractivity contribution in [3.8, 4) is 0 Å². The Bertz CT molecular complexity index is 222. The largest absolute Gasteiger partial charge is 0.394 e. The smallest absolute Gasteiger partial charge is 0.0607 e. The van der Waals surface area contributed by atoms with E-state index in [1.165, 1.54) is 0 Å². The number of nitrogens with one attached hydrogen (secondary N) is 2. The van der Waals surface area contributed by atoms with Crippen LogP contribution in [0.5, 0.6) is 0 Å². The van der Waals surface area contributed by atoms with Crippen molar-refractivity contribution in [3.05, 3.63) is 0 Å². The number of hydrogen-bond donors (Lipinski definition) is 5. The van der Waals surface area contributed by atoms with Gasteiger partial charge in [-0.05, 0) is 34.1 Å². The predicted molar refractivity (Wildman–Crippen MR) is 75.5 cm³/mol. The van der Waals surface area contributed by atoms with Gasteiger partial charge in [-0.1, -0.05) is 6.92 Å². The maximum Gasteiger partial charge on any atom is 0.0607 e. The van der Waals surface area contributed by atoms with Gasteiger partial charge in [0.1, 0.15) is 0 Å². The molecule has 0 saturated carbocycles. The number of hydrogen-bond acceptors (Lipinski definition) is 5. The van der Waals surface area contributed by atoms with Crippen LogP contribution in [0.25, 0.3) is 0 Å². The molecule has 0 bridgehead atoms. The van der Waals surface area contributed by atoms with Crippen molar-refractivity contribution in [1.29, 1.82) is 0 Å². The Kier molecular flexibility index (Phi) is 6.74. The van der Waals surface area contributed by atoms with E-state index in [4.69, 9.17) is 5.73 Å². The number of rotatable bonds is 9. The minimum atomic E-state index is -0.390. The highest BCUT2D eigenvalue weighted by molar-refractivity contribution is 4.93. The zero-order valence-electron chi connectivity index (χ0n) is 12.5. The zero-order valence-corrected chi connectivity index (χ0v) is 12.5. The number of nitrogens with two attached hydrogens (primary N) is 1. The molecular weight excluding hydrogens is 230 g/mol. The second kappa shape index (κ2) is 6.82. The molecule has 0 amide bonds. The molecule has 0 spiro atoms. The normalized spacial score (nSPS) is 14.0. The van der Waals surface area contributed by atoms with Crippen LogP contribution in [0.4, 0.5) is 0 Å². The summed E-state index contributed by atoms with van der Waals surface area (Å²) in [4.78, 5) is 0. The first kappa shape index (κ1) is 17.8. The van der Waals surface area contributed by atoms with Crippen LogP contribution in [0.1, 0.15) is 41.0 Å². The Morgan fingerprint density at radius 2 is 1.22 bits per heavy atom. The summed E-state index contributed by atoms with van der Waals surface area (Å²) in [6, 6.07) is 0. The fourth-order valence-corrected chi connectivity index (χ4v) is 1.25. The van der Waals surface area contributed by atoms with Crippen molar-refractivity contribution in [2.75, 3.05) is 26.3 Å². The van der Waals surface area contributed by atoms with Gasteiger partial charge in [-0.3, -0.25) is 0 Å². The zero-order chi connectivity index (χ0) is 14.4. The summed E-state index contributed by atoms with van der Waals surface area (Å²) in [6.45, 7) is 11.2. The Morgan fingerprint density at radius 3 is 1.44 bits per heavy atom. The van der Waals surface area contributed by atoms with Crippen LogP contribution in [-0.2, 0) is 0 Å². The van der Waals surface area contributed by atoms with E-state index in [0.29, 0.717) is 13.1 Å². The number of aliphatic hydroxyl groups excluding tert-OH is 2. The van der Waals surface area contributed by atoms with Crippen LogP contribution in [0.2, 0.25) is 0 Å². The third-order valence-corrected chi connectivity index (χ3v) is 3.33. The molecule has 0 aromatic carbocycles. The fraction of sp³-hybridized carbons (Fsp3) is 1.00. The molecule has 6 N–H and O–H groups in total. The summed E-state index contributed by atoms with van der Waals surface area (Å²) in [5.74, 6) is 0. The molecule has 0 radical (unpaired) electrons. The van der Waals surface area contributed by atoms with Gasteiger partial charge in [-0.25, -0.2) is 0 Å². The molecule has 0 aromatic rings. The third-order valence-electron chi connectivity index (χ3n) is 3.33. The Hall–Kier alpha value is -0.200. The maximum absolute atomic E-state index is 9.21. The molecule has 0 aliphatic carbocycles. The second-order valence-electron chi connectivity index (χ2n) is 6.51. The molecule has 0 aliphatic rings.